The van der Waals surface area contributed by atoms with Crippen LogP contribution in [0.5, 0.6) is 0 Å². The van der Waals surface area contributed by atoms with Crippen molar-refractivity contribution in [3.63, 3.8) is 0 Å². The van der Waals surface area contributed by atoms with Crippen LogP contribution in [0.15, 0.2) is 24.3 Å². The lowest BCUT2D eigenvalue weighted by Crippen LogP contribution is -2.47. The molecule has 2 amide bonds. The van der Waals surface area contributed by atoms with Gasteiger partial charge < -0.3 is 15.5 Å². The third kappa shape index (κ3) is 3.06. The Balaban J connectivity index is 1.43. The predicted octanol–water partition coefficient (Wildman–Crippen LogP) is 2.21. The topological polar surface area (TPSA) is 61.4 Å². The van der Waals surface area contributed by atoms with E-state index in [0.29, 0.717) is 18.9 Å². The standard InChI is InChI=1S/C20H27N3O2/c24-18-8-4-10-23(18)17-7-3-5-15(11-17)12-22-19(25)20-9-2-1-6-16(20)13-21-14-20/h3,5,7,11,16,21H,1-2,4,6,8-10,12-14H2,(H,22,25)/t16-,20+/m0/s1. The Hall–Kier alpha value is -1.88. The smallest absolute Gasteiger partial charge is 0.228 e. The first-order valence-corrected chi connectivity index (χ1v) is 9.57. The molecule has 5 heteroatoms. The first-order chi connectivity index (χ1) is 12.2. The van der Waals surface area contributed by atoms with Crippen LogP contribution in [0.4, 0.5) is 5.69 Å². The van der Waals surface area contributed by atoms with Crippen molar-refractivity contribution in [1.82, 2.24) is 10.6 Å². The average molecular weight is 341 g/mol. The van der Waals surface area contributed by atoms with Crippen molar-refractivity contribution in [2.45, 2.75) is 45.1 Å². The Morgan fingerprint density at radius 2 is 2.24 bits per heavy atom. The molecule has 0 radical (unpaired) electrons. The second kappa shape index (κ2) is 6.79. The molecule has 0 bridgehead atoms. The largest absolute Gasteiger partial charge is 0.351 e. The number of rotatable bonds is 4. The van der Waals surface area contributed by atoms with Crippen molar-refractivity contribution in [3.8, 4) is 0 Å². The van der Waals surface area contributed by atoms with Gasteiger partial charge in [-0.25, -0.2) is 0 Å². The molecule has 2 atom stereocenters. The number of amides is 2. The summed E-state index contributed by atoms with van der Waals surface area (Å²) in [5.74, 6) is 0.877. The van der Waals surface area contributed by atoms with Crippen LogP contribution in [0, 0.1) is 11.3 Å². The zero-order valence-corrected chi connectivity index (χ0v) is 14.7. The maximum Gasteiger partial charge on any atom is 0.228 e. The number of carbonyl (C=O) groups excluding carboxylic acids is 2. The van der Waals surface area contributed by atoms with Crippen LogP contribution < -0.4 is 15.5 Å². The molecule has 2 aliphatic heterocycles. The molecule has 3 aliphatic rings. The van der Waals surface area contributed by atoms with Gasteiger partial charge in [-0.15, -0.1) is 0 Å². The molecule has 0 aromatic heterocycles. The summed E-state index contributed by atoms with van der Waals surface area (Å²) < 4.78 is 0. The SMILES string of the molecule is O=C1CCCN1c1cccc(CNC(=O)[C@@]23CCCC[C@H]2CNC3)c1. The molecule has 1 aromatic rings. The van der Waals surface area contributed by atoms with Gasteiger partial charge >= 0.3 is 0 Å². The van der Waals surface area contributed by atoms with E-state index in [0.717, 1.165) is 56.6 Å². The normalized spacial score (nSPS) is 28.9. The maximum atomic E-state index is 13.0. The van der Waals surface area contributed by atoms with E-state index >= 15 is 0 Å². The number of anilines is 1. The predicted molar refractivity (Wildman–Crippen MR) is 97.1 cm³/mol. The van der Waals surface area contributed by atoms with E-state index in [4.69, 9.17) is 0 Å². The van der Waals surface area contributed by atoms with Crippen LogP contribution in [0.1, 0.15) is 44.1 Å². The summed E-state index contributed by atoms with van der Waals surface area (Å²) in [6, 6.07) is 8.01. The summed E-state index contributed by atoms with van der Waals surface area (Å²) >= 11 is 0. The fraction of sp³-hybridized carbons (Fsp3) is 0.600. The number of carbonyl (C=O) groups is 2. The van der Waals surface area contributed by atoms with Crippen molar-refractivity contribution in [3.05, 3.63) is 29.8 Å². The average Bonchev–Trinajstić information content (AvgIpc) is 3.26. The third-order valence-electron chi connectivity index (χ3n) is 6.24. The fourth-order valence-corrected chi connectivity index (χ4v) is 4.80. The Kier molecular flexibility index (Phi) is 4.50. The van der Waals surface area contributed by atoms with E-state index < -0.39 is 0 Å². The van der Waals surface area contributed by atoms with E-state index in [1.165, 1.54) is 6.42 Å². The van der Waals surface area contributed by atoms with E-state index in [9.17, 15) is 9.59 Å². The van der Waals surface area contributed by atoms with Gasteiger partial charge in [-0.2, -0.15) is 0 Å². The molecule has 2 N–H and O–H groups in total. The lowest BCUT2D eigenvalue weighted by molar-refractivity contribution is -0.134. The van der Waals surface area contributed by atoms with Crippen LogP contribution in [0.2, 0.25) is 0 Å². The second-order valence-corrected chi connectivity index (χ2v) is 7.73. The Morgan fingerprint density at radius 1 is 1.32 bits per heavy atom. The van der Waals surface area contributed by atoms with Crippen LogP contribution in [0.25, 0.3) is 0 Å². The number of nitrogens with one attached hydrogen (secondary N) is 2. The Morgan fingerprint density at radius 3 is 3.08 bits per heavy atom. The van der Waals surface area contributed by atoms with Crippen LogP contribution in [-0.2, 0) is 16.1 Å². The van der Waals surface area contributed by atoms with E-state index in [-0.39, 0.29) is 17.2 Å². The van der Waals surface area contributed by atoms with Gasteiger partial charge in [-0.3, -0.25) is 9.59 Å². The van der Waals surface area contributed by atoms with Gasteiger partial charge in [0, 0.05) is 31.7 Å². The highest BCUT2D eigenvalue weighted by molar-refractivity contribution is 5.95. The second-order valence-electron chi connectivity index (χ2n) is 7.73. The molecule has 0 unspecified atom stereocenters. The van der Waals surface area contributed by atoms with Crippen LogP contribution in [-0.4, -0.2) is 31.4 Å². The number of hydrogen-bond acceptors (Lipinski definition) is 3. The first kappa shape index (κ1) is 16.6. The number of nitrogens with zero attached hydrogens (tertiary/aromatic N) is 1. The summed E-state index contributed by atoms with van der Waals surface area (Å²) in [7, 11) is 0. The van der Waals surface area contributed by atoms with Gasteiger partial charge in [0.1, 0.15) is 0 Å². The van der Waals surface area contributed by atoms with E-state index in [1.807, 2.05) is 29.2 Å². The van der Waals surface area contributed by atoms with E-state index in [1.54, 1.807) is 0 Å². The lowest BCUT2D eigenvalue weighted by Gasteiger charge is -2.37. The van der Waals surface area contributed by atoms with Gasteiger partial charge in [-0.05, 0) is 49.4 Å². The van der Waals surface area contributed by atoms with Crippen molar-refractivity contribution in [2.24, 2.45) is 11.3 Å². The Labute approximate surface area is 149 Å². The quantitative estimate of drug-likeness (QED) is 0.883. The molecular formula is C20H27N3O2. The lowest BCUT2D eigenvalue weighted by atomic mass is 9.67. The maximum absolute atomic E-state index is 13.0. The number of fused-ring (bicyclic) bond motifs is 1. The molecule has 2 saturated heterocycles. The highest BCUT2D eigenvalue weighted by Crippen LogP contribution is 2.43. The van der Waals surface area contributed by atoms with Gasteiger partial charge in [0.25, 0.3) is 0 Å². The minimum Gasteiger partial charge on any atom is -0.351 e. The molecule has 1 aromatic carbocycles. The summed E-state index contributed by atoms with van der Waals surface area (Å²) in [5, 5.41) is 6.61. The van der Waals surface area contributed by atoms with Crippen molar-refractivity contribution in [1.29, 1.82) is 0 Å². The van der Waals surface area contributed by atoms with Crippen molar-refractivity contribution < 1.29 is 9.59 Å². The molecule has 5 nitrogen and oxygen atoms in total. The molecule has 3 fully saturated rings. The van der Waals surface area contributed by atoms with Crippen LogP contribution >= 0.6 is 0 Å². The molecule has 1 aliphatic carbocycles. The van der Waals surface area contributed by atoms with Crippen LogP contribution in [0.3, 0.4) is 0 Å². The van der Waals surface area contributed by atoms with Gasteiger partial charge in [-0.1, -0.05) is 25.0 Å². The summed E-state index contributed by atoms with van der Waals surface area (Å²) in [5.41, 5.74) is 1.80. The van der Waals surface area contributed by atoms with Gasteiger partial charge in [0.15, 0.2) is 0 Å². The minimum absolute atomic E-state index is 0.196. The van der Waals surface area contributed by atoms with Gasteiger partial charge in [0.05, 0.1) is 5.41 Å². The minimum atomic E-state index is -0.208. The summed E-state index contributed by atoms with van der Waals surface area (Å²) in [6.45, 7) is 3.11. The zero-order chi connectivity index (χ0) is 17.3. The van der Waals surface area contributed by atoms with E-state index in [2.05, 4.69) is 10.6 Å². The highest BCUT2D eigenvalue weighted by Gasteiger charge is 2.49. The van der Waals surface area contributed by atoms with Gasteiger partial charge in [0.2, 0.25) is 11.8 Å². The third-order valence-corrected chi connectivity index (χ3v) is 6.24. The van der Waals surface area contributed by atoms with Crippen molar-refractivity contribution >= 4 is 17.5 Å². The molecule has 134 valence electrons. The Bertz CT molecular complexity index is 675. The molecular weight excluding hydrogens is 314 g/mol. The molecule has 1 saturated carbocycles. The molecule has 4 rings (SSSR count). The number of hydrogen-bond donors (Lipinski definition) is 2. The fourth-order valence-electron chi connectivity index (χ4n) is 4.80. The summed E-state index contributed by atoms with van der Waals surface area (Å²) in [4.78, 5) is 26.7. The molecule has 25 heavy (non-hydrogen) atoms. The number of benzene rings is 1. The zero-order valence-electron chi connectivity index (χ0n) is 14.7. The van der Waals surface area contributed by atoms with Crippen molar-refractivity contribution in [2.75, 3.05) is 24.5 Å². The summed E-state index contributed by atoms with van der Waals surface area (Å²) in [6.07, 6.45) is 6.12. The monoisotopic (exact) mass is 341 g/mol. The molecule has 0 spiro atoms. The first-order valence-electron chi connectivity index (χ1n) is 9.57. The molecule has 2 heterocycles. The highest BCUT2D eigenvalue weighted by atomic mass is 16.2.